The van der Waals surface area contributed by atoms with Crippen molar-refractivity contribution in [1.82, 2.24) is 0 Å². The second-order valence-corrected chi connectivity index (χ2v) is 11.5. The molecule has 1 aromatic rings. The summed E-state index contributed by atoms with van der Waals surface area (Å²) in [5.41, 5.74) is 1.40. The average Bonchev–Trinajstić information content (AvgIpc) is 2.82. The Balaban J connectivity index is 2.34. The molecule has 0 amide bonds. The summed E-state index contributed by atoms with van der Waals surface area (Å²) in [4.78, 5) is -0.0807. The summed E-state index contributed by atoms with van der Waals surface area (Å²) in [5, 5.41) is 0. The Morgan fingerprint density at radius 3 is 1.52 bits per heavy atom. The van der Waals surface area contributed by atoms with Crippen molar-refractivity contribution >= 4 is 11.6 Å². The lowest BCUT2D eigenvalue weighted by Crippen LogP contribution is -2.33. The maximum absolute atomic E-state index is 7.43. The number of hydrogen-bond acceptors (Lipinski definition) is 0. The molecule has 0 fully saturated rings. The van der Waals surface area contributed by atoms with Crippen molar-refractivity contribution in [2.75, 3.05) is 0 Å². The summed E-state index contributed by atoms with van der Waals surface area (Å²) in [6, 6.07) is 11.0. The first-order valence-electron chi connectivity index (χ1n) is 14.8. The maximum Gasteiger partial charge on any atom is 0.0512 e. The van der Waals surface area contributed by atoms with Gasteiger partial charge < -0.3 is 0 Å². The summed E-state index contributed by atoms with van der Waals surface area (Å²) >= 11 is 7.43. The van der Waals surface area contributed by atoms with Crippen LogP contribution in [0.5, 0.6) is 0 Å². The van der Waals surface area contributed by atoms with E-state index in [0.29, 0.717) is 5.92 Å². The van der Waals surface area contributed by atoms with E-state index in [1.54, 1.807) is 0 Å². The first-order chi connectivity index (χ1) is 16.1. The molecule has 0 saturated heterocycles. The number of halogens is 1. The van der Waals surface area contributed by atoms with Crippen molar-refractivity contribution in [3.8, 4) is 0 Å². The van der Waals surface area contributed by atoms with Gasteiger partial charge in [0.25, 0.3) is 0 Å². The first kappa shape index (κ1) is 30.5. The van der Waals surface area contributed by atoms with Crippen LogP contribution in [-0.4, -0.2) is 4.87 Å². The van der Waals surface area contributed by atoms with Crippen molar-refractivity contribution in [3.05, 3.63) is 35.9 Å². The molecular weight excluding hydrogens is 420 g/mol. The molecular formula is C32H57Cl. The third-order valence-corrected chi connectivity index (χ3v) is 8.36. The number of hydrogen-bond donors (Lipinski definition) is 0. The van der Waals surface area contributed by atoms with Crippen LogP contribution < -0.4 is 0 Å². The van der Waals surface area contributed by atoms with Crippen LogP contribution in [0.3, 0.4) is 0 Å². The molecule has 0 saturated carbocycles. The van der Waals surface area contributed by atoms with Gasteiger partial charge in [0.1, 0.15) is 0 Å². The lowest BCUT2D eigenvalue weighted by Gasteiger charge is -2.34. The number of benzene rings is 1. The van der Waals surface area contributed by atoms with Crippen LogP contribution >= 0.6 is 11.6 Å². The Morgan fingerprint density at radius 1 is 0.606 bits per heavy atom. The SMILES string of the molecule is CCCCCCCCCCCCC(Cl)(Cc1ccccc1)C(C)CCCCCCCCCC. The Morgan fingerprint density at radius 2 is 1.03 bits per heavy atom. The van der Waals surface area contributed by atoms with E-state index in [1.165, 1.54) is 128 Å². The van der Waals surface area contributed by atoms with Gasteiger partial charge in [0, 0.05) is 0 Å². The van der Waals surface area contributed by atoms with E-state index in [9.17, 15) is 0 Å². The van der Waals surface area contributed by atoms with E-state index >= 15 is 0 Å². The second kappa shape index (κ2) is 20.8. The molecule has 1 aromatic carbocycles. The van der Waals surface area contributed by atoms with E-state index in [1.807, 2.05) is 0 Å². The lowest BCUT2D eigenvalue weighted by molar-refractivity contribution is 0.326. The van der Waals surface area contributed by atoms with Crippen LogP contribution in [0.4, 0.5) is 0 Å². The van der Waals surface area contributed by atoms with Crippen LogP contribution in [0, 0.1) is 5.92 Å². The topological polar surface area (TPSA) is 0 Å². The summed E-state index contributed by atoms with van der Waals surface area (Å²) in [6.07, 6.45) is 28.5. The van der Waals surface area contributed by atoms with Crippen LogP contribution in [0.2, 0.25) is 0 Å². The molecule has 0 N–H and O–H groups in total. The largest absolute Gasteiger partial charge is 0.119 e. The van der Waals surface area contributed by atoms with Crippen LogP contribution in [-0.2, 0) is 6.42 Å². The van der Waals surface area contributed by atoms with Gasteiger partial charge in [-0.25, -0.2) is 0 Å². The molecule has 0 bridgehead atoms. The highest BCUT2D eigenvalue weighted by Gasteiger charge is 2.33. The van der Waals surface area contributed by atoms with Crippen LogP contribution in [0.25, 0.3) is 0 Å². The highest BCUT2D eigenvalue weighted by Crippen LogP contribution is 2.38. The smallest absolute Gasteiger partial charge is 0.0512 e. The fourth-order valence-corrected chi connectivity index (χ4v) is 5.59. The maximum atomic E-state index is 7.43. The van der Waals surface area contributed by atoms with Gasteiger partial charge in [-0.1, -0.05) is 167 Å². The molecule has 0 aliphatic rings. The monoisotopic (exact) mass is 476 g/mol. The van der Waals surface area contributed by atoms with E-state index < -0.39 is 0 Å². The second-order valence-electron chi connectivity index (χ2n) is 10.8. The van der Waals surface area contributed by atoms with Crippen molar-refractivity contribution in [1.29, 1.82) is 0 Å². The minimum atomic E-state index is -0.0807. The van der Waals surface area contributed by atoms with Gasteiger partial charge in [-0.05, 0) is 30.7 Å². The highest BCUT2D eigenvalue weighted by atomic mass is 35.5. The minimum Gasteiger partial charge on any atom is -0.119 e. The van der Waals surface area contributed by atoms with Gasteiger partial charge in [-0.15, -0.1) is 11.6 Å². The predicted octanol–water partition coefficient (Wildman–Crippen LogP) is 11.7. The zero-order valence-electron chi connectivity index (χ0n) is 22.7. The van der Waals surface area contributed by atoms with Crippen molar-refractivity contribution in [3.63, 3.8) is 0 Å². The molecule has 2 unspecified atom stereocenters. The van der Waals surface area contributed by atoms with Crippen molar-refractivity contribution < 1.29 is 0 Å². The Kier molecular flexibility index (Phi) is 19.3. The molecule has 2 atom stereocenters. The van der Waals surface area contributed by atoms with Gasteiger partial charge >= 0.3 is 0 Å². The molecule has 1 rings (SSSR count). The normalized spacial score (nSPS) is 14.3. The molecule has 0 heterocycles. The number of unbranched alkanes of at least 4 members (excludes halogenated alkanes) is 16. The molecule has 192 valence electrons. The first-order valence-corrected chi connectivity index (χ1v) is 15.2. The summed E-state index contributed by atoms with van der Waals surface area (Å²) in [7, 11) is 0. The summed E-state index contributed by atoms with van der Waals surface area (Å²) in [5.74, 6) is 0.582. The van der Waals surface area contributed by atoms with E-state index in [2.05, 4.69) is 51.1 Å². The third kappa shape index (κ3) is 15.9. The molecule has 0 aliphatic carbocycles. The van der Waals surface area contributed by atoms with Gasteiger partial charge in [0.15, 0.2) is 0 Å². The standard InChI is InChI=1S/C32H57Cl/c1-4-6-8-10-12-14-15-17-19-24-28-32(33,29-31-26-22-20-23-27-31)30(3)25-21-18-16-13-11-9-7-5-2/h20,22-23,26-27,30H,4-19,21,24-25,28-29H2,1-3H3. The fourth-order valence-electron chi connectivity index (χ4n) is 5.19. The molecule has 0 nitrogen and oxygen atoms in total. The zero-order chi connectivity index (χ0) is 24.0. The van der Waals surface area contributed by atoms with Crippen molar-refractivity contribution in [2.45, 2.75) is 160 Å². The predicted molar refractivity (Wildman–Crippen MR) is 152 cm³/mol. The summed E-state index contributed by atoms with van der Waals surface area (Å²) < 4.78 is 0. The Labute approximate surface area is 213 Å². The molecule has 0 spiro atoms. The molecule has 0 aliphatic heterocycles. The minimum absolute atomic E-state index is 0.0807. The fraction of sp³-hybridized carbons (Fsp3) is 0.812. The van der Waals surface area contributed by atoms with Gasteiger partial charge in [-0.2, -0.15) is 0 Å². The molecule has 1 heteroatoms. The number of alkyl halides is 1. The highest BCUT2D eigenvalue weighted by molar-refractivity contribution is 6.24. The zero-order valence-corrected chi connectivity index (χ0v) is 23.4. The molecule has 0 aromatic heterocycles. The Bertz CT molecular complexity index is 525. The Hall–Kier alpha value is -0.490. The number of rotatable bonds is 23. The quantitative estimate of drug-likeness (QED) is 0.109. The molecule has 0 radical (unpaired) electrons. The van der Waals surface area contributed by atoms with Gasteiger partial charge in [0.05, 0.1) is 4.87 Å². The van der Waals surface area contributed by atoms with Gasteiger partial charge in [-0.3, -0.25) is 0 Å². The average molecular weight is 477 g/mol. The van der Waals surface area contributed by atoms with E-state index in [4.69, 9.17) is 11.6 Å². The van der Waals surface area contributed by atoms with Gasteiger partial charge in [0.2, 0.25) is 0 Å². The summed E-state index contributed by atoms with van der Waals surface area (Å²) in [6.45, 7) is 7.02. The van der Waals surface area contributed by atoms with Crippen LogP contribution in [0.1, 0.15) is 155 Å². The lowest BCUT2D eigenvalue weighted by atomic mass is 9.80. The van der Waals surface area contributed by atoms with E-state index in [-0.39, 0.29) is 4.87 Å². The third-order valence-electron chi connectivity index (χ3n) is 7.66. The van der Waals surface area contributed by atoms with Crippen LogP contribution in [0.15, 0.2) is 30.3 Å². The van der Waals surface area contributed by atoms with Crippen molar-refractivity contribution in [2.24, 2.45) is 5.92 Å². The molecule has 33 heavy (non-hydrogen) atoms. The van der Waals surface area contributed by atoms with E-state index in [0.717, 1.165) is 12.8 Å².